The molecule has 8 aliphatic rings. The van der Waals surface area contributed by atoms with Crippen molar-refractivity contribution in [3.8, 4) is 11.5 Å². The van der Waals surface area contributed by atoms with E-state index in [1.165, 1.54) is 36.1 Å². The highest BCUT2D eigenvalue weighted by Gasteiger charge is 2.95. The van der Waals surface area contributed by atoms with Crippen molar-refractivity contribution >= 4 is 11.4 Å². The fourth-order valence-electron chi connectivity index (χ4n) is 12.1. The van der Waals surface area contributed by atoms with Crippen molar-refractivity contribution in [1.82, 2.24) is 4.90 Å². The zero-order valence-corrected chi connectivity index (χ0v) is 30.2. The third kappa shape index (κ3) is 3.93. The monoisotopic (exact) mass is 675 g/mol. The Hall–Kier alpha value is -1.97. The van der Waals surface area contributed by atoms with Gasteiger partial charge >= 0.3 is 11.4 Å². The number of rotatable bonds is 14. The first-order chi connectivity index (χ1) is 23.0. The number of benzene rings is 2. The molecule has 1 saturated heterocycles. The lowest BCUT2D eigenvalue weighted by molar-refractivity contribution is -0.284. The number of hydrogen-bond acceptors (Lipinski definition) is 7. The SMILES string of the molecule is COC12CCC3(CC1C(C)(OS(=O)OCCCCCCc1ccccc1)C(C)(C)C)C1N(CC4CC4)C14CC31c3c4ccc(O)c3OC21. The molecule has 1 N–H and O–H groups in total. The van der Waals surface area contributed by atoms with E-state index in [1.54, 1.807) is 0 Å². The van der Waals surface area contributed by atoms with Crippen LogP contribution >= 0.6 is 0 Å². The summed E-state index contributed by atoms with van der Waals surface area (Å²) < 4.78 is 40.1. The largest absolute Gasteiger partial charge is 0.504 e. The summed E-state index contributed by atoms with van der Waals surface area (Å²) in [6.45, 7) is 10.3. The van der Waals surface area contributed by atoms with E-state index in [1.807, 2.05) is 13.2 Å². The van der Waals surface area contributed by atoms with Gasteiger partial charge in [-0.25, -0.2) is 0 Å². The van der Waals surface area contributed by atoms with Gasteiger partial charge in [-0.2, -0.15) is 4.21 Å². The number of unbranched alkanes of at least 4 members (excludes halogenated alkanes) is 3. The summed E-state index contributed by atoms with van der Waals surface area (Å²) >= 11 is -1.90. The number of piperidine rings is 1. The van der Waals surface area contributed by atoms with E-state index >= 15 is 0 Å². The second-order valence-corrected chi connectivity index (χ2v) is 18.4. The van der Waals surface area contributed by atoms with Gasteiger partial charge in [0.15, 0.2) is 11.5 Å². The topological polar surface area (TPSA) is 77.2 Å². The molecule has 0 aromatic heterocycles. The van der Waals surface area contributed by atoms with Crippen LogP contribution < -0.4 is 4.74 Å². The molecule has 2 aromatic rings. The molecule has 2 aliphatic heterocycles. The fraction of sp³-hybridized carbons (Fsp3) is 0.700. The number of likely N-dealkylation sites (tertiary alicyclic amines) is 1. The molecule has 6 aliphatic carbocycles. The summed E-state index contributed by atoms with van der Waals surface area (Å²) in [6.07, 6.45) is 11.6. The van der Waals surface area contributed by atoms with Crippen LogP contribution in [0.2, 0.25) is 0 Å². The van der Waals surface area contributed by atoms with Crippen molar-refractivity contribution in [2.45, 2.75) is 133 Å². The van der Waals surface area contributed by atoms with Crippen molar-refractivity contribution in [2.24, 2.45) is 22.7 Å². The molecule has 0 radical (unpaired) electrons. The third-order valence-corrected chi connectivity index (χ3v) is 15.6. The Kier molecular flexibility index (Phi) is 7.02. The first kappa shape index (κ1) is 32.0. The predicted octanol–water partition coefficient (Wildman–Crippen LogP) is 7.50. The van der Waals surface area contributed by atoms with Crippen LogP contribution in [0.4, 0.5) is 0 Å². The van der Waals surface area contributed by atoms with Gasteiger partial charge in [0, 0.05) is 42.0 Å². The Balaban J connectivity index is 0.975. The first-order valence-electron chi connectivity index (χ1n) is 18.6. The van der Waals surface area contributed by atoms with Crippen LogP contribution in [0.5, 0.6) is 11.5 Å². The van der Waals surface area contributed by atoms with Gasteiger partial charge in [0.05, 0.1) is 17.7 Å². The number of aryl methyl sites for hydroxylation is 1. The number of ether oxygens (including phenoxy) is 2. The van der Waals surface area contributed by atoms with Crippen molar-refractivity contribution in [2.75, 3.05) is 20.3 Å². The van der Waals surface area contributed by atoms with Crippen LogP contribution in [0.3, 0.4) is 0 Å². The Bertz CT molecular complexity index is 1640. The molecule has 48 heavy (non-hydrogen) atoms. The standard InChI is InChI=1S/C40H53NO6S/c1-35(2,3)36(4,47-48(43)45-22-12-7-6-9-13-26-14-10-8-11-15-26)30-23-37-20-21-40(30,44-5)34-38(37)25-39(33(37)41(39)24-27-16-17-27)28-18-19-29(42)32(46-34)31(28)38/h8,10-11,14-15,18-19,27,30,33-34,42H,6-7,9,12-13,16-17,20-25H2,1-5H3. The number of aromatic hydroxyl groups is 1. The molecule has 7 nitrogen and oxygen atoms in total. The smallest absolute Gasteiger partial charge is 0.305 e. The quantitative estimate of drug-likeness (QED) is 0.164. The molecule has 10 unspecified atom stereocenters. The summed E-state index contributed by atoms with van der Waals surface area (Å²) in [4.78, 5) is 2.84. The van der Waals surface area contributed by atoms with Gasteiger partial charge in [-0.15, -0.1) is 0 Å². The van der Waals surface area contributed by atoms with Gasteiger partial charge in [-0.05, 0) is 93.2 Å². The summed E-state index contributed by atoms with van der Waals surface area (Å²) in [5.41, 5.74) is 2.04. The van der Waals surface area contributed by atoms with Crippen LogP contribution in [-0.4, -0.2) is 57.8 Å². The van der Waals surface area contributed by atoms with E-state index in [0.29, 0.717) is 18.4 Å². The van der Waals surface area contributed by atoms with Gasteiger partial charge in [0.2, 0.25) is 0 Å². The number of methoxy groups -OCH3 is 1. The van der Waals surface area contributed by atoms with E-state index in [-0.39, 0.29) is 39.6 Å². The lowest BCUT2D eigenvalue weighted by Crippen LogP contribution is -2.78. The minimum Gasteiger partial charge on any atom is -0.504 e. The second kappa shape index (κ2) is 10.5. The fourth-order valence-corrected chi connectivity index (χ4v) is 13.1. The number of hydrogen-bond donors (Lipinski definition) is 1. The van der Waals surface area contributed by atoms with E-state index in [0.717, 1.165) is 63.7 Å². The molecule has 2 aromatic carbocycles. The van der Waals surface area contributed by atoms with Crippen LogP contribution in [0, 0.1) is 22.7 Å². The molecule has 10 atom stereocenters. The molecule has 4 bridgehead atoms. The molecule has 5 saturated carbocycles. The van der Waals surface area contributed by atoms with Gasteiger partial charge in [-0.1, -0.05) is 70.0 Å². The lowest BCUT2D eigenvalue weighted by Gasteiger charge is -2.69. The Morgan fingerprint density at radius 2 is 1.79 bits per heavy atom. The third-order valence-electron chi connectivity index (χ3n) is 14.8. The van der Waals surface area contributed by atoms with Crippen molar-refractivity contribution in [1.29, 1.82) is 0 Å². The molecule has 10 rings (SSSR count). The molecular weight excluding hydrogens is 623 g/mol. The number of phenolic OH excluding ortho intramolecular Hbond substituents is 1. The highest BCUT2D eigenvalue weighted by atomic mass is 32.2. The summed E-state index contributed by atoms with van der Waals surface area (Å²) in [7, 11) is 1.84. The summed E-state index contributed by atoms with van der Waals surface area (Å²) in [6, 6.07) is 15.1. The molecule has 2 heterocycles. The molecule has 0 amide bonds. The van der Waals surface area contributed by atoms with Gasteiger partial charge in [-0.3, -0.25) is 13.3 Å². The Labute approximate surface area is 288 Å². The highest BCUT2D eigenvalue weighted by Crippen LogP contribution is 2.90. The van der Waals surface area contributed by atoms with Crippen LogP contribution in [0.15, 0.2) is 42.5 Å². The number of fused-ring (bicyclic) bond motifs is 2. The first-order valence-corrected chi connectivity index (χ1v) is 19.6. The summed E-state index contributed by atoms with van der Waals surface area (Å²) in [5, 5.41) is 11.2. The van der Waals surface area contributed by atoms with E-state index in [2.05, 4.69) is 69.0 Å². The minimum atomic E-state index is -1.90. The van der Waals surface area contributed by atoms with Crippen molar-refractivity contribution in [3.05, 3.63) is 59.2 Å². The second-order valence-electron chi connectivity index (χ2n) is 17.6. The normalized spacial score (nSPS) is 39.5. The lowest BCUT2D eigenvalue weighted by atomic mass is 9.38. The van der Waals surface area contributed by atoms with Gasteiger partial charge in [0.25, 0.3) is 0 Å². The predicted molar refractivity (Wildman–Crippen MR) is 185 cm³/mol. The molecule has 3 spiro atoms. The maximum Gasteiger partial charge on any atom is 0.305 e. The number of nitrogens with zero attached hydrogens (tertiary/aromatic N) is 1. The maximum atomic E-state index is 13.7. The van der Waals surface area contributed by atoms with E-state index in [4.69, 9.17) is 17.8 Å². The van der Waals surface area contributed by atoms with Gasteiger partial charge < -0.3 is 14.6 Å². The van der Waals surface area contributed by atoms with E-state index in [9.17, 15) is 9.32 Å². The minimum absolute atomic E-state index is 0.0124. The molecule has 260 valence electrons. The van der Waals surface area contributed by atoms with Crippen molar-refractivity contribution < 1.29 is 27.2 Å². The average molecular weight is 676 g/mol. The van der Waals surface area contributed by atoms with Crippen LogP contribution in [0.25, 0.3) is 0 Å². The Morgan fingerprint density at radius 3 is 2.52 bits per heavy atom. The number of phenols is 1. The summed E-state index contributed by atoms with van der Waals surface area (Å²) in [5.74, 6) is 1.66. The maximum absolute atomic E-state index is 13.7. The molecule has 8 heteroatoms. The van der Waals surface area contributed by atoms with Crippen LogP contribution in [-0.2, 0) is 41.8 Å². The zero-order valence-electron chi connectivity index (χ0n) is 29.4. The molecular formula is C40H53NO6S. The van der Waals surface area contributed by atoms with Gasteiger partial charge in [0.1, 0.15) is 11.7 Å². The zero-order chi connectivity index (χ0) is 33.3. The Morgan fingerprint density at radius 1 is 1.02 bits per heavy atom. The van der Waals surface area contributed by atoms with Crippen LogP contribution in [0.1, 0.15) is 109 Å². The highest BCUT2D eigenvalue weighted by molar-refractivity contribution is 7.75. The van der Waals surface area contributed by atoms with E-state index < -0.39 is 22.6 Å². The average Bonchev–Trinajstić information content (AvgIpc) is 3.90. The molecule has 6 fully saturated rings. The van der Waals surface area contributed by atoms with Crippen molar-refractivity contribution in [3.63, 3.8) is 0 Å².